The van der Waals surface area contributed by atoms with Crippen LogP contribution in [0.2, 0.25) is 0 Å². The molecule has 0 aromatic heterocycles. The minimum absolute atomic E-state index is 0.0669. The van der Waals surface area contributed by atoms with E-state index in [2.05, 4.69) is 5.32 Å². The van der Waals surface area contributed by atoms with Crippen LogP contribution in [0.15, 0.2) is 18.2 Å². The Kier molecular flexibility index (Phi) is 4.49. The number of rotatable bonds is 4. The normalized spacial score (nSPS) is 22.8. The number of nitrogens with zero attached hydrogens (tertiary/aromatic N) is 1. The number of anilines is 1. The fraction of sp³-hybridized carbons (Fsp3) is 0.538. The molecule has 1 fully saturated rings. The Bertz CT molecular complexity index is 497. The molecule has 1 aliphatic carbocycles. The summed E-state index contributed by atoms with van der Waals surface area (Å²) in [7, 11) is 0. The number of nitrogens with one attached hydrogen (secondary N) is 1. The van der Waals surface area contributed by atoms with Gasteiger partial charge in [-0.1, -0.05) is 12.8 Å². The summed E-state index contributed by atoms with van der Waals surface area (Å²) in [5.74, 6) is 0. The van der Waals surface area contributed by atoms with Crippen LogP contribution in [-0.2, 0) is 0 Å². The number of hydrogen-bond donors (Lipinski definition) is 2. The molecular weight excluding hydrogens is 268 g/mol. The van der Waals surface area contributed by atoms with Gasteiger partial charge in [0, 0.05) is 35.5 Å². The van der Waals surface area contributed by atoms with E-state index in [9.17, 15) is 18.9 Å². The van der Waals surface area contributed by atoms with Gasteiger partial charge in [0.25, 0.3) is 12.1 Å². The highest BCUT2D eigenvalue weighted by Crippen LogP contribution is 2.32. The number of alkyl halides is 2. The smallest absolute Gasteiger partial charge is 0.270 e. The molecule has 0 aliphatic heterocycles. The van der Waals surface area contributed by atoms with Crippen LogP contribution in [0, 0.1) is 10.1 Å². The number of non-ortho nitro benzene ring substituents is 1. The second-order valence-corrected chi connectivity index (χ2v) is 5.03. The van der Waals surface area contributed by atoms with E-state index in [1.807, 2.05) is 0 Å². The van der Waals surface area contributed by atoms with Crippen LogP contribution in [0.4, 0.5) is 20.2 Å². The van der Waals surface area contributed by atoms with Crippen molar-refractivity contribution in [3.05, 3.63) is 33.9 Å². The van der Waals surface area contributed by atoms with Crippen molar-refractivity contribution in [2.45, 2.75) is 44.2 Å². The Balaban J connectivity index is 2.24. The Hall–Kier alpha value is -1.76. The first-order valence-corrected chi connectivity index (χ1v) is 6.57. The van der Waals surface area contributed by atoms with E-state index in [0.29, 0.717) is 0 Å². The van der Waals surface area contributed by atoms with Crippen LogP contribution < -0.4 is 11.1 Å². The van der Waals surface area contributed by atoms with Crippen molar-refractivity contribution in [2.75, 3.05) is 5.32 Å². The minimum atomic E-state index is -2.77. The fourth-order valence-electron chi connectivity index (χ4n) is 2.51. The topological polar surface area (TPSA) is 81.2 Å². The van der Waals surface area contributed by atoms with Crippen molar-refractivity contribution in [1.82, 2.24) is 0 Å². The van der Waals surface area contributed by atoms with Gasteiger partial charge in [-0.25, -0.2) is 8.78 Å². The zero-order valence-electron chi connectivity index (χ0n) is 10.9. The Morgan fingerprint density at radius 3 is 2.65 bits per heavy atom. The summed E-state index contributed by atoms with van der Waals surface area (Å²) in [6, 6.07) is 3.33. The predicted octanol–water partition coefficient (Wildman–Crippen LogP) is 3.21. The highest BCUT2D eigenvalue weighted by atomic mass is 19.3. The van der Waals surface area contributed by atoms with Gasteiger partial charge in [-0.15, -0.1) is 0 Å². The van der Waals surface area contributed by atoms with E-state index in [-0.39, 0.29) is 29.0 Å². The average molecular weight is 285 g/mol. The molecule has 1 aliphatic rings. The molecule has 5 nitrogen and oxygen atoms in total. The molecule has 20 heavy (non-hydrogen) atoms. The largest absolute Gasteiger partial charge is 0.380 e. The van der Waals surface area contributed by atoms with Crippen molar-refractivity contribution in [3.63, 3.8) is 0 Å². The predicted molar refractivity (Wildman–Crippen MR) is 71.9 cm³/mol. The molecule has 0 radical (unpaired) electrons. The van der Waals surface area contributed by atoms with Crippen molar-refractivity contribution < 1.29 is 13.7 Å². The van der Waals surface area contributed by atoms with Crippen molar-refractivity contribution in [3.8, 4) is 0 Å². The third-order valence-corrected chi connectivity index (χ3v) is 3.64. The van der Waals surface area contributed by atoms with Crippen molar-refractivity contribution in [2.24, 2.45) is 5.73 Å². The molecular formula is C13H17F2N3O2. The molecule has 1 aromatic carbocycles. The second-order valence-electron chi connectivity index (χ2n) is 5.03. The van der Waals surface area contributed by atoms with Crippen molar-refractivity contribution in [1.29, 1.82) is 0 Å². The third kappa shape index (κ3) is 3.22. The molecule has 0 bridgehead atoms. The first-order valence-electron chi connectivity index (χ1n) is 6.57. The van der Waals surface area contributed by atoms with Gasteiger partial charge < -0.3 is 11.1 Å². The summed E-state index contributed by atoms with van der Waals surface area (Å²) in [6.07, 6.45) is 0.955. The maximum atomic E-state index is 13.0. The standard InChI is InChI=1S/C13H17F2N3O2/c14-13(15)9-7-8(18(19)20)5-6-11(9)17-12-4-2-1-3-10(12)16/h5-7,10,12-13,17H,1-4,16H2/t10-,12-/m1/s1. The number of nitro groups is 1. The average Bonchev–Trinajstić information content (AvgIpc) is 2.41. The van der Waals surface area contributed by atoms with Crippen LogP contribution >= 0.6 is 0 Å². The Labute approximate surface area is 115 Å². The summed E-state index contributed by atoms with van der Waals surface area (Å²) >= 11 is 0. The maximum absolute atomic E-state index is 13.0. The minimum Gasteiger partial charge on any atom is -0.380 e. The highest BCUT2D eigenvalue weighted by Gasteiger charge is 2.24. The summed E-state index contributed by atoms with van der Waals surface area (Å²) in [5.41, 5.74) is 5.52. The molecule has 0 saturated heterocycles. The SMILES string of the molecule is N[C@@H]1CCCC[C@H]1Nc1ccc([N+](=O)[O-])cc1C(F)F. The molecule has 0 unspecified atom stereocenters. The van der Waals surface area contributed by atoms with E-state index in [1.165, 1.54) is 12.1 Å². The van der Waals surface area contributed by atoms with E-state index >= 15 is 0 Å². The lowest BCUT2D eigenvalue weighted by Crippen LogP contribution is -2.42. The molecule has 110 valence electrons. The van der Waals surface area contributed by atoms with Crippen LogP contribution in [0.25, 0.3) is 0 Å². The Morgan fingerprint density at radius 1 is 1.35 bits per heavy atom. The van der Waals surface area contributed by atoms with Gasteiger partial charge >= 0.3 is 0 Å². The van der Waals surface area contributed by atoms with Gasteiger partial charge in [-0.3, -0.25) is 10.1 Å². The lowest BCUT2D eigenvalue weighted by Gasteiger charge is -2.30. The molecule has 0 amide bonds. The number of nitro benzene ring substituents is 1. The van der Waals surface area contributed by atoms with Gasteiger partial charge in [0.1, 0.15) is 0 Å². The summed E-state index contributed by atoms with van der Waals surface area (Å²) < 4.78 is 26.1. The summed E-state index contributed by atoms with van der Waals surface area (Å²) in [5, 5.41) is 13.7. The summed E-state index contributed by atoms with van der Waals surface area (Å²) in [6.45, 7) is 0. The highest BCUT2D eigenvalue weighted by molar-refractivity contribution is 5.57. The van der Waals surface area contributed by atoms with Gasteiger partial charge in [0.2, 0.25) is 0 Å². The van der Waals surface area contributed by atoms with Crippen LogP contribution in [0.3, 0.4) is 0 Å². The third-order valence-electron chi connectivity index (χ3n) is 3.64. The lowest BCUT2D eigenvalue weighted by molar-refractivity contribution is -0.385. The van der Waals surface area contributed by atoms with Crippen LogP contribution in [0.1, 0.15) is 37.7 Å². The first-order chi connectivity index (χ1) is 9.49. The summed E-state index contributed by atoms with van der Waals surface area (Å²) in [4.78, 5) is 9.97. The monoisotopic (exact) mass is 285 g/mol. The van der Waals surface area contributed by atoms with E-state index in [0.717, 1.165) is 31.7 Å². The molecule has 0 heterocycles. The van der Waals surface area contributed by atoms with Gasteiger partial charge in [0.05, 0.1) is 4.92 Å². The molecule has 2 atom stereocenters. The van der Waals surface area contributed by atoms with Crippen LogP contribution in [0.5, 0.6) is 0 Å². The van der Waals surface area contributed by atoms with E-state index < -0.39 is 11.3 Å². The second kappa shape index (κ2) is 6.13. The lowest BCUT2D eigenvalue weighted by atomic mass is 9.90. The van der Waals surface area contributed by atoms with E-state index in [4.69, 9.17) is 5.73 Å². The van der Waals surface area contributed by atoms with Gasteiger partial charge in [0.15, 0.2) is 0 Å². The first kappa shape index (κ1) is 14.6. The number of halogens is 2. The number of hydrogen-bond acceptors (Lipinski definition) is 4. The fourth-order valence-corrected chi connectivity index (χ4v) is 2.51. The zero-order valence-corrected chi connectivity index (χ0v) is 10.9. The molecule has 1 aromatic rings. The molecule has 1 saturated carbocycles. The van der Waals surface area contributed by atoms with E-state index in [1.54, 1.807) is 0 Å². The van der Waals surface area contributed by atoms with Crippen molar-refractivity contribution >= 4 is 11.4 Å². The quantitative estimate of drug-likeness (QED) is 0.657. The number of benzene rings is 1. The number of nitrogens with two attached hydrogens (primary N) is 1. The molecule has 3 N–H and O–H groups in total. The van der Waals surface area contributed by atoms with Gasteiger partial charge in [-0.2, -0.15) is 0 Å². The molecule has 0 spiro atoms. The molecule has 2 rings (SSSR count). The maximum Gasteiger partial charge on any atom is 0.270 e. The molecule has 7 heteroatoms. The zero-order chi connectivity index (χ0) is 14.7. The van der Waals surface area contributed by atoms with Crippen LogP contribution in [-0.4, -0.2) is 17.0 Å². The Morgan fingerprint density at radius 2 is 2.05 bits per heavy atom. The van der Waals surface area contributed by atoms with Gasteiger partial charge in [-0.05, 0) is 18.9 Å².